The maximum atomic E-state index is 11.0. The Morgan fingerprint density at radius 3 is 2.83 bits per heavy atom. The van der Waals surface area contributed by atoms with Gasteiger partial charge in [0.1, 0.15) is 4.83 Å². The van der Waals surface area contributed by atoms with Crippen LogP contribution in [0.25, 0.3) is 4.83 Å². The van der Waals surface area contributed by atoms with Gasteiger partial charge in [-0.1, -0.05) is 0 Å². The van der Waals surface area contributed by atoms with Gasteiger partial charge in [0.15, 0.2) is 5.03 Å². The molecular formula is C6H6N2O2S2. The molecule has 0 aliphatic rings. The summed E-state index contributed by atoms with van der Waals surface area (Å²) in [5.41, 5.74) is 0. The van der Waals surface area contributed by atoms with Gasteiger partial charge in [-0.25, -0.2) is 13.6 Å². The van der Waals surface area contributed by atoms with Gasteiger partial charge < -0.3 is 0 Å². The Balaban J connectivity index is 2.87. The predicted octanol–water partition coefficient (Wildman–Crippen LogP) is 0.648. The van der Waals surface area contributed by atoms with Crippen molar-refractivity contribution in [2.45, 2.75) is 5.03 Å². The Bertz CT molecular complexity index is 508. The van der Waals surface area contributed by atoms with Crippen LogP contribution in [0.2, 0.25) is 0 Å². The van der Waals surface area contributed by atoms with Crippen molar-refractivity contribution in [3.8, 4) is 0 Å². The lowest BCUT2D eigenvalue weighted by Gasteiger charge is -1.93. The molecule has 0 saturated heterocycles. The maximum absolute atomic E-state index is 11.0. The van der Waals surface area contributed by atoms with Crippen molar-refractivity contribution in [3.63, 3.8) is 0 Å². The zero-order valence-electron chi connectivity index (χ0n) is 5.97. The molecule has 64 valence electrons. The van der Waals surface area contributed by atoms with Gasteiger partial charge in [0.05, 0.1) is 0 Å². The standard InChI is InChI=1S/C6H6N2O2S2/c7-12(9,10)6-2-1-5-8(6)3-4-11-5/h1-4H,(H2,7,9,10). The zero-order valence-corrected chi connectivity index (χ0v) is 7.60. The number of aromatic nitrogens is 1. The molecule has 0 atom stereocenters. The summed E-state index contributed by atoms with van der Waals surface area (Å²) in [5.74, 6) is 0. The van der Waals surface area contributed by atoms with Gasteiger partial charge >= 0.3 is 0 Å². The molecule has 2 aromatic rings. The van der Waals surface area contributed by atoms with Crippen molar-refractivity contribution < 1.29 is 8.42 Å². The fraction of sp³-hybridized carbons (Fsp3) is 0. The fourth-order valence-corrected chi connectivity index (χ4v) is 2.54. The molecule has 0 bridgehead atoms. The monoisotopic (exact) mass is 202 g/mol. The summed E-state index contributed by atoms with van der Waals surface area (Å²) in [4.78, 5) is 0.874. The van der Waals surface area contributed by atoms with E-state index in [2.05, 4.69) is 0 Å². The minimum absolute atomic E-state index is 0.138. The van der Waals surface area contributed by atoms with Crippen molar-refractivity contribution in [2.24, 2.45) is 5.14 Å². The van der Waals surface area contributed by atoms with Gasteiger partial charge in [0, 0.05) is 11.6 Å². The van der Waals surface area contributed by atoms with Crippen LogP contribution < -0.4 is 5.14 Å². The van der Waals surface area contributed by atoms with Crippen LogP contribution in [-0.2, 0) is 10.0 Å². The van der Waals surface area contributed by atoms with Crippen LogP contribution >= 0.6 is 11.3 Å². The molecular weight excluding hydrogens is 196 g/mol. The molecule has 0 aliphatic heterocycles. The lowest BCUT2D eigenvalue weighted by atomic mass is 10.7. The van der Waals surface area contributed by atoms with Gasteiger partial charge in [-0.05, 0) is 12.1 Å². The first-order chi connectivity index (χ1) is 5.59. The topological polar surface area (TPSA) is 64.6 Å². The van der Waals surface area contributed by atoms with Gasteiger partial charge in [0.25, 0.3) is 10.0 Å². The molecule has 2 aromatic heterocycles. The van der Waals surface area contributed by atoms with E-state index in [1.165, 1.54) is 17.4 Å². The van der Waals surface area contributed by atoms with Crippen molar-refractivity contribution in [1.82, 2.24) is 4.40 Å². The van der Waals surface area contributed by atoms with Crippen LogP contribution in [0.4, 0.5) is 0 Å². The Hall–Kier alpha value is -0.850. The maximum Gasteiger partial charge on any atom is 0.254 e. The number of thiazole rings is 1. The van der Waals surface area contributed by atoms with Crippen LogP contribution in [-0.4, -0.2) is 12.8 Å². The zero-order chi connectivity index (χ0) is 8.77. The summed E-state index contributed by atoms with van der Waals surface area (Å²) in [6.45, 7) is 0. The number of primary sulfonamides is 1. The van der Waals surface area contributed by atoms with E-state index in [4.69, 9.17) is 5.14 Å². The molecule has 0 amide bonds. The average molecular weight is 202 g/mol. The molecule has 2 heterocycles. The Morgan fingerprint density at radius 2 is 2.17 bits per heavy atom. The number of rotatable bonds is 1. The first-order valence-corrected chi connectivity index (χ1v) is 5.59. The van der Waals surface area contributed by atoms with Gasteiger partial charge in [-0.3, -0.25) is 4.40 Å². The number of fused-ring (bicyclic) bond motifs is 1. The van der Waals surface area contributed by atoms with Crippen molar-refractivity contribution in [1.29, 1.82) is 0 Å². The third kappa shape index (κ3) is 1.04. The van der Waals surface area contributed by atoms with Crippen LogP contribution in [0.15, 0.2) is 28.7 Å². The second kappa shape index (κ2) is 2.32. The largest absolute Gasteiger partial charge is 0.297 e. The molecule has 0 fully saturated rings. The van der Waals surface area contributed by atoms with E-state index >= 15 is 0 Å². The van der Waals surface area contributed by atoms with Crippen molar-refractivity contribution in [3.05, 3.63) is 23.7 Å². The van der Waals surface area contributed by atoms with E-state index in [1.807, 2.05) is 5.38 Å². The summed E-state index contributed by atoms with van der Waals surface area (Å²) in [7, 11) is -3.59. The number of hydrogen-bond acceptors (Lipinski definition) is 3. The van der Waals surface area contributed by atoms with Gasteiger partial charge in [-0.15, -0.1) is 11.3 Å². The number of nitrogens with zero attached hydrogens (tertiary/aromatic N) is 1. The van der Waals surface area contributed by atoms with Gasteiger partial charge in [0.2, 0.25) is 0 Å². The Morgan fingerprint density at radius 1 is 1.42 bits per heavy atom. The Kier molecular flexibility index (Phi) is 1.50. The summed E-state index contributed by atoms with van der Waals surface area (Å²) in [6.07, 6.45) is 1.68. The minimum Gasteiger partial charge on any atom is -0.297 e. The fourth-order valence-electron chi connectivity index (χ4n) is 1.05. The van der Waals surface area contributed by atoms with Crippen LogP contribution in [0, 0.1) is 0 Å². The highest BCUT2D eigenvalue weighted by molar-refractivity contribution is 7.89. The normalized spacial score (nSPS) is 12.4. The molecule has 0 saturated carbocycles. The molecule has 0 aromatic carbocycles. The van der Waals surface area contributed by atoms with Gasteiger partial charge in [-0.2, -0.15) is 0 Å². The summed E-state index contributed by atoms with van der Waals surface area (Å²) >= 11 is 1.47. The number of sulfonamides is 1. The quantitative estimate of drug-likeness (QED) is 0.737. The number of nitrogens with two attached hydrogens (primary N) is 1. The molecule has 12 heavy (non-hydrogen) atoms. The third-order valence-corrected chi connectivity index (χ3v) is 3.28. The second-order valence-electron chi connectivity index (χ2n) is 2.33. The van der Waals surface area contributed by atoms with E-state index in [0.717, 1.165) is 4.83 Å². The summed E-state index contributed by atoms with van der Waals surface area (Å²) < 4.78 is 23.5. The predicted molar refractivity (Wildman–Crippen MR) is 46.6 cm³/mol. The molecule has 0 unspecified atom stereocenters. The van der Waals surface area contributed by atoms with Crippen LogP contribution in [0.3, 0.4) is 0 Å². The van der Waals surface area contributed by atoms with E-state index in [-0.39, 0.29) is 5.03 Å². The first-order valence-electron chi connectivity index (χ1n) is 3.16. The van der Waals surface area contributed by atoms with E-state index in [0.29, 0.717) is 0 Å². The molecule has 0 spiro atoms. The second-order valence-corrected chi connectivity index (χ2v) is 4.76. The molecule has 2 rings (SSSR count). The van der Waals surface area contributed by atoms with E-state index in [9.17, 15) is 8.42 Å². The lowest BCUT2D eigenvalue weighted by Crippen LogP contribution is -2.13. The summed E-state index contributed by atoms with van der Waals surface area (Å²) in [6, 6.07) is 3.23. The molecule has 0 radical (unpaired) electrons. The van der Waals surface area contributed by atoms with Crippen LogP contribution in [0.5, 0.6) is 0 Å². The summed E-state index contributed by atoms with van der Waals surface area (Å²) in [5, 5.41) is 6.93. The number of hydrogen-bond donors (Lipinski definition) is 1. The molecule has 0 aliphatic carbocycles. The Labute approximate surface area is 73.3 Å². The SMILES string of the molecule is NS(=O)(=O)c1ccc2sccn12. The van der Waals surface area contributed by atoms with E-state index in [1.54, 1.807) is 16.7 Å². The highest BCUT2D eigenvalue weighted by Gasteiger charge is 2.12. The first kappa shape index (κ1) is 7.78. The van der Waals surface area contributed by atoms with Crippen LogP contribution in [0.1, 0.15) is 0 Å². The smallest absolute Gasteiger partial charge is 0.254 e. The van der Waals surface area contributed by atoms with Crippen molar-refractivity contribution >= 4 is 26.2 Å². The molecule has 6 heteroatoms. The molecule has 4 nitrogen and oxygen atoms in total. The lowest BCUT2D eigenvalue weighted by molar-refractivity contribution is 0.593. The third-order valence-electron chi connectivity index (χ3n) is 1.53. The minimum atomic E-state index is -3.59. The van der Waals surface area contributed by atoms with E-state index < -0.39 is 10.0 Å². The highest BCUT2D eigenvalue weighted by atomic mass is 32.2. The average Bonchev–Trinajstić information content (AvgIpc) is 2.37. The van der Waals surface area contributed by atoms with Crippen molar-refractivity contribution in [2.75, 3.05) is 0 Å². The molecule has 2 N–H and O–H groups in total. The highest BCUT2D eigenvalue weighted by Crippen LogP contribution is 2.18.